The largest absolute Gasteiger partial charge is 0.339 e. The van der Waals surface area contributed by atoms with E-state index in [9.17, 15) is 14.4 Å². The lowest BCUT2D eigenvalue weighted by atomic mass is 10.1. The Kier molecular flexibility index (Phi) is 5.84. The van der Waals surface area contributed by atoms with E-state index in [1.807, 2.05) is 4.90 Å². The number of carbonyl (C=O) groups excluding carboxylic acids is 2. The molecule has 2 amide bonds. The highest BCUT2D eigenvalue weighted by Crippen LogP contribution is 2.16. The Balaban J connectivity index is 1.59. The number of anilines is 1. The van der Waals surface area contributed by atoms with Crippen molar-refractivity contribution in [3.8, 4) is 0 Å². The molecule has 0 spiro atoms. The van der Waals surface area contributed by atoms with E-state index in [-0.39, 0.29) is 23.8 Å². The first-order valence-electron chi connectivity index (χ1n) is 8.98. The number of hydrogen-bond acceptors (Lipinski definition) is 3. The molecule has 0 saturated carbocycles. The Morgan fingerprint density at radius 2 is 1.81 bits per heavy atom. The van der Waals surface area contributed by atoms with Crippen molar-refractivity contribution in [3.05, 3.63) is 64.6 Å². The Labute approximate surface area is 152 Å². The van der Waals surface area contributed by atoms with Crippen molar-refractivity contribution in [1.29, 1.82) is 0 Å². The quantitative estimate of drug-likeness (QED) is 0.898. The molecule has 6 heteroatoms. The van der Waals surface area contributed by atoms with E-state index in [1.165, 1.54) is 17.1 Å². The van der Waals surface area contributed by atoms with Gasteiger partial charge in [0, 0.05) is 49.6 Å². The number of rotatable bonds is 5. The lowest BCUT2D eigenvalue weighted by Gasteiger charge is -2.26. The summed E-state index contributed by atoms with van der Waals surface area (Å²) in [5, 5.41) is 2.80. The van der Waals surface area contributed by atoms with Crippen molar-refractivity contribution >= 4 is 17.5 Å². The summed E-state index contributed by atoms with van der Waals surface area (Å²) in [6, 6.07) is 11.9. The molecule has 1 aromatic heterocycles. The van der Waals surface area contributed by atoms with E-state index in [0.717, 1.165) is 25.9 Å². The second-order valence-electron chi connectivity index (χ2n) is 6.46. The molecule has 0 radical (unpaired) electrons. The van der Waals surface area contributed by atoms with Crippen LogP contribution in [0.3, 0.4) is 0 Å². The third kappa shape index (κ3) is 4.59. The number of likely N-dealkylation sites (tertiary alicyclic amines) is 1. The third-order valence-electron chi connectivity index (χ3n) is 4.52. The SMILES string of the molecule is O=C(CCn1ccccc1=O)Nc1cccc(C(=O)N2CCCCC2)c1. The minimum Gasteiger partial charge on any atom is -0.339 e. The van der Waals surface area contributed by atoms with Crippen molar-refractivity contribution in [3.63, 3.8) is 0 Å². The third-order valence-corrected chi connectivity index (χ3v) is 4.52. The van der Waals surface area contributed by atoms with Gasteiger partial charge in [0.2, 0.25) is 5.91 Å². The molecule has 1 fully saturated rings. The highest BCUT2D eigenvalue weighted by atomic mass is 16.2. The van der Waals surface area contributed by atoms with Gasteiger partial charge >= 0.3 is 0 Å². The molecule has 1 aliphatic rings. The molecule has 0 atom stereocenters. The van der Waals surface area contributed by atoms with Gasteiger partial charge in [-0.2, -0.15) is 0 Å². The van der Waals surface area contributed by atoms with Gasteiger partial charge in [-0.3, -0.25) is 14.4 Å². The molecule has 0 aliphatic carbocycles. The molecule has 0 bridgehead atoms. The van der Waals surface area contributed by atoms with Crippen molar-refractivity contribution in [1.82, 2.24) is 9.47 Å². The highest BCUT2D eigenvalue weighted by Gasteiger charge is 2.18. The molecule has 2 heterocycles. The summed E-state index contributed by atoms with van der Waals surface area (Å²) >= 11 is 0. The van der Waals surface area contributed by atoms with E-state index in [4.69, 9.17) is 0 Å². The van der Waals surface area contributed by atoms with Crippen LogP contribution in [-0.4, -0.2) is 34.4 Å². The van der Waals surface area contributed by atoms with Crippen LogP contribution in [0.1, 0.15) is 36.0 Å². The van der Waals surface area contributed by atoms with E-state index >= 15 is 0 Å². The van der Waals surface area contributed by atoms with Crippen LogP contribution in [0.2, 0.25) is 0 Å². The Morgan fingerprint density at radius 3 is 2.58 bits per heavy atom. The number of amides is 2. The summed E-state index contributed by atoms with van der Waals surface area (Å²) in [4.78, 5) is 38.2. The lowest BCUT2D eigenvalue weighted by Crippen LogP contribution is -2.35. The minimum atomic E-state index is -0.191. The number of carbonyl (C=O) groups is 2. The summed E-state index contributed by atoms with van der Waals surface area (Å²) in [5.41, 5.74) is 1.05. The van der Waals surface area contributed by atoms with Gasteiger partial charge in [-0.05, 0) is 43.5 Å². The fourth-order valence-electron chi connectivity index (χ4n) is 3.10. The molecule has 26 heavy (non-hydrogen) atoms. The topological polar surface area (TPSA) is 71.4 Å². The fraction of sp³-hybridized carbons (Fsp3) is 0.350. The monoisotopic (exact) mass is 353 g/mol. The Bertz CT molecular complexity index is 838. The zero-order valence-corrected chi connectivity index (χ0v) is 14.7. The van der Waals surface area contributed by atoms with Gasteiger partial charge in [0.1, 0.15) is 0 Å². The number of piperidine rings is 1. The maximum Gasteiger partial charge on any atom is 0.253 e. The summed E-state index contributed by atoms with van der Waals surface area (Å²) in [6.07, 6.45) is 5.11. The molecular formula is C20H23N3O3. The second kappa shape index (κ2) is 8.47. The van der Waals surface area contributed by atoms with Gasteiger partial charge in [0.05, 0.1) is 0 Å². The first-order chi connectivity index (χ1) is 12.6. The number of nitrogens with zero attached hydrogens (tertiary/aromatic N) is 2. The van der Waals surface area contributed by atoms with Crippen LogP contribution in [0, 0.1) is 0 Å². The van der Waals surface area contributed by atoms with Crippen LogP contribution < -0.4 is 10.9 Å². The van der Waals surface area contributed by atoms with Gasteiger partial charge in [0.15, 0.2) is 0 Å². The second-order valence-corrected chi connectivity index (χ2v) is 6.46. The van der Waals surface area contributed by atoms with Gasteiger partial charge in [-0.15, -0.1) is 0 Å². The van der Waals surface area contributed by atoms with Gasteiger partial charge in [-0.25, -0.2) is 0 Å². The van der Waals surface area contributed by atoms with Gasteiger partial charge < -0.3 is 14.8 Å². The predicted octanol–water partition coefficient (Wildman–Crippen LogP) is 2.50. The van der Waals surface area contributed by atoms with Crippen LogP contribution in [-0.2, 0) is 11.3 Å². The molecule has 1 aromatic carbocycles. The van der Waals surface area contributed by atoms with Gasteiger partial charge in [0.25, 0.3) is 11.5 Å². The zero-order chi connectivity index (χ0) is 18.4. The lowest BCUT2D eigenvalue weighted by molar-refractivity contribution is -0.116. The average molecular weight is 353 g/mol. The standard InChI is InChI=1S/C20H23N3O3/c24-18(10-14-22-11-5-2-9-19(22)25)21-17-8-6-7-16(15-17)20(26)23-12-3-1-4-13-23/h2,5-9,11,15H,1,3-4,10,12-14H2,(H,21,24). The number of nitrogens with one attached hydrogen (secondary N) is 1. The Hall–Kier alpha value is -2.89. The number of aromatic nitrogens is 1. The van der Waals surface area contributed by atoms with E-state index < -0.39 is 0 Å². The predicted molar refractivity (Wildman–Crippen MR) is 100 cm³/mol. The van der Waals surface area contributed by atoms with Gasteiger partial charge in [-0.1, -0.05) is 12.1 Å². The smallest absolute Gasteiger partial charge is 0.253 e. The summed E-state index contributed by atoms with van der Waals surface area (Å²) in [6.45, 7) is 1.90. The van der Waals surface area contributed by atoms with E-state index in [2.05, 4.69) is 5.32 Å². The highest BCUT2D eigenvalue weighted by molar-refractivity contribution is 5.97. The number of hydrogen-bond donors (Lipinski definition) is 1. The van der Waals surface area contributed by atoms with Crippen LogP contribution in [0.25, 0.3) is 0 Å². The number of pyridine rings is 1. The molecule has 6 nitrogen and oxygen atoms in total. The maximum atomic E-state index is 12.6. The van der Waals surface area contributed by atoms with Crippen LogP contribution in [0.15, 0.2) is 53.5 Å². The van der Waals surface area contributed by atoms with E-state index in [0.29, 0.717) is 17.8 Å². The molecular weight excluding hydrogens is 330 g/mol. The van der Waals surface area contributed by atoms with Crippen molar-refractivity contribution in [2.45, 2.75) is 32.2 Å². The molecule has 1 N–H and O–H groups in total. The molecule has 1 aliphatic heterocycles. The number of aryl methyl sites for hydroxylation is 1. The zero-order valence-electron chi connectivity index (χ0n) is 14.7. The molecule has 3 rings (SSSR count). The molecule has 2 aromatic rings. The van der Waals surface area contributed by atoms with Crippen molar-refractivity contribution < 1.29 is 9.59 Å². The minimum absolute atomic E-state index is 0.0108. The molecule has 136 valence electrons. The van der Waals surface area contributed by atoms with Crippen molar-refractivity contribution in [2.75, 3.05) is 18.4 Å². The summed E-state index contributed by atoms with van der Waals surface area (Å²) < 4.78 is 1.50. The molecule has 1 saturated heterocycles. The first-order valence-corrected chi connectivity index (χ1v) is 8.98. The fourth-order valence-corrected chi connectivity index (χ4v) is 3.10. The average Bonchev–Trinajstić information content (AvgIpc) is 2.68. The van der Waals surface area contributed by atoms with Crippen LogP contribution >= 0.6 is 0 Å². The maximum absolute atomic E-state index is 12.6. The van der Waals surface area contributed by atoms with Crippen molar-refractivity contribution in [2.24, 2.45) is 0 Å². The summed E-state index contributed by atoms with van der Waals surface area (Å²) in [5.74, 6) is -0.181. The first kappa shape index (κ1) is 17.9. The van der Waals surface area contributed by atoms with E-state index in [1.54, 1.807) is 42.6 Å². The number of benzene rings is 1. The van der Waals surface area contributed by atoms with Crippen LogP contribution in [0.4, 0.5) is 5.69 Å². The summed E-state index contributed by atoms with van der Waals surface area (Å²) in [7, 11) is 0. The molecule has 0 unspecified atom stereocenters. The van der Waals surface area contributed by atoms with Crippen LogP contribution in [0.5, 0.6) is 0 Å². The normalized spacial score (nSPS) is 14.1. The Morgan fingerprint density at radius 1 is 1.00 bits per heavy atom.